The number of aryl methyl sites for hydroxylation is 3. The Morgan fingerprint density at radius 2 is 2.08 bits per heavy atom. The van der Waals surface area contributed by atoms with Crippen molar-refractivity contribution < 1.29 is 4.39 Å². The van der Waals surface area contributed by atoms with E-state index in [1.807, 2.05) is 23.9 Å². The zero-order chi connectivity index (χ0) is 16.9. The van der Waals surface area contributed by atoms with E-state index in [4.69, 9.17) is 0 Å². The standard InChI is InChI=1S/C18H22FN5/c1-14-11-15(2)23(22-14)9-3-7-20-13-16-12-17(19)5-6-18(16)24-10-4-8-21-24/h4-6,8,10-12,20H,3,7,9,13H2,1-2H3. The molecule has 0 spiro atoms. The lowest BCUT2D eigenvalue weighted by molar-refractivity contribution is 0.530. The van der Waals surface area contributed by atoms with Crippen LogP contribution < -0.4 is 5.32 Å². The topological polar surface area (TPSA) is 47.7 Å². The van der Waals surface area contributed by atoms with E-state index < -0.39 is 0 Å². The van der Waals surface area contributed by atoms with Crippen molar-refractivity contribution in [2.75, 3.05) is 6.54 Å². The fourth-order valence-corrected chi connectivity index (χ4v) is 2.81. The van der Waals surface area contributed by atoms with E-state index in [1.54, 1.807) is 23.0 Å². The number of aromatic nitrogens is 4. The van der Waals surface area contributed by atoms with Gasteiger partial charge in [-0.15, -0.1) is 0 Å². The fraction of sp³-hybridized carbons (Fsp3) is 0.333. The van der Waals surface area contributed by atoms with Crippen molar-refractivity contribution in [3.05, 3.63) is 65.5 Å². The molecule has 0 aliphatic heterocycles. The lowest BCUT2D eigenvalue weighted by atomic mass is 10.1. The van der Waals surface area contributed by atoms with Crippen LogP contribution in [0.2, 0.25) is 0 Å². The molecule has 126 valence electrons. The Hall–Kier alpha value is -2.47. The van der Waals surface area contributed by atoms with Gasteiger partial charge in [-0.1, -0.05) is 0 Å². The highest BCUT2D eigenvalue weighted by Crippen LogP contribution is 2.15. The highest BCUT2D eigenvalue weighted by atomic mass is 19.1. The van der Waals surface area contributed by atoms with Crippen molar-refractivity contribution in [2.24, 2.45) is 0 Å². The lowest BCUT2D eigenvalue weighted by Crippen LogP contribution is -2.18. The monoisotopic (exact) mass is 327 g/mol. The zero-order valence-electron chi connectivity index (χ0n) is 14.0. The first kappa shape index (κ1) is 16.4. The Labute approximate surface area is 141 Å². The third-order valence-electron chi connectivity index (χ3n) is 3.94. The zero-order valence-corrected chi connectivity index (χ0v) is 14.0. The minimum Gasteiger partial charge on any atom is -0.313 e. The van der Waals surface area contributed by atoms with Gasteiger partial charge >= 0.3 is 0 Å². The van der Waals surface area contributed by atoms with Gasteiger partial charge in [-0.3, -0.25) is 4.68 Å². The molecule has 3 rings (SSSR count). The molecule has 0 fully saturated rings. The number of rotatable bonds is 7. The van der Waals surface area contributed by atoms with Gasteiger partial charge in [-0.05, 0) is 62.7 Å². The van der Waals surface area contributed by atoms with Gasteiger partial charge in [0.1, 0.15) is 5.82 Å². The second-order valence-electron chi connectivity index (χ2n) is 5.90. The molecule has 0 saturated carbocycles. The molecule has 0 aliphatic carbocycles. The van der Waals surface area contributed by atoms with Gasteiger partial charge in [0.05, 0.1) is 11.4 Å². The van der Waals surface area contributed by atoms with Gasteiger partial charge < -0.3 is 5.32 Å². The van der Waals surface area contributed by atoms with Crippen LogP contribution in [0.4, 0.5) is 4.39 Å². The van der Waals surface area contributed by atoms with E-state index in [2.05, 4.69) is 28.5 Å². The number of nitrogens with one attached hydrogen (secondary N) is 1. The molecule has 2 heterocycles. The molecule has 5 nitrogen and oxygen atoms in total. The molecule has 0 bridgehead atoms. The molecule has 0 radical (unpaired) electrons. The first-order valence-corrected chi connectivity index (χ1v) is 8.14. The van der Waals surface area contributed by atoms with Crippen LogP contribution in [0.3, 0.4) is 0 Å². The van der Waals surface area contributed by atoms with Crippen LogP contribution in [-0.4, -0.2) is 26.1 Å². The smallest absolute Gasteiger partial charge is 0.123 e. The molecule has 1 N–H and O–H groups in total. The summed E-state index contributed by atoms with van der Waals surface area (Å²) >= 11 is 0. The second kappa shape index (κ2) is 7.40. The summed E-state index contributed by atoms with van der Waals surface area (Å²) in [5.41, 5.74) is 4.01. The minimum absolute atomic E-state index is 0.231. The summed E-state index contributed by atoms with van der Waals surface area (Å²) < 4.78 is 17.3. The summed E-state index contributed by atoms with van der Waals surface area (Å²) in [6.07, 6.45) is 4.54. The quantitative estimate of drug-likeness (QED) is 0.679. The Kier molecular flexibility index (Phi) is 5.05. The molecule has 0 aliphatic rings. The maximum atomic E-state index is 13.6. The molecular weight excluding hydrogens is 305 g/mol. The van der Waals surface area contributed by atoms with Crippen molar-refractivity contribution in [1.29, 1.82) is 0 Å². The lowest BCUT2D eigenvalue weighted by Gasteiger charge is -2.11. The van der Waals surface area contributed by atoms with Crippen LogP contribution in [0, 0.1) is 19.7 Å². The molecule has 3 aromatic rings. The molecule has 0 amide bonds. The van der Waals surface area contributed by atoms with Gasteiger partial charge in [0.15, 0.2) is 0 Å². The van der Waals surface area contributed by atoms with Crippen molar-refractivity contribution in [2.45, 2.75) is 33.4 Å². The Balaban J connectivity index is 1.55. The average Bonchev–Trinajstić information content (AvgIpc) is 3.17. The van der Waals surface area contributed by atoms with E-state index in [1.165, 1.54) is 11.8 Å². The van der Waals surface area contributed by atoms with Crippen molar-refractivity contribution >= 4 is 0 Å². The maximum Gasteiger partial charge on any atom is 0.123 e. The number of halogens is 1. The first-order valence-electron chi connectivity index (χ1n) is 8.14. The molecule has 0 atom stereocenters. The highest BCUT2D eigenvalue weighted by Gasteiger charge is 2.06. The predicted octanol–water partition coefficient (Wildman–Crippen LogP) is 3.00. The van der Waals surface area contributed by atoms with E-state index in [9.17, 15) is 4.39 Å². The van der Waals surface area contributed by atoms with E-state index in [0.29, 0.717) is 6.54 Å². The van der Waals surface area contributed by atoms with Crippen LogP contribution in [0.25, 0.3) is 5.69 Å². The molecule has 24 heavy (non-hydrogen) atoms. The minimum atomic E-state index is -0.231. The number of nitrogens with zero attached hydrogens (tertiary/aromatic N) is 4. The normalized spacial score (nSPS) is 11.1. The fourth-order valence-electron chi connectivity index (χ4n) is 2.81. The Morgan fingerprint density at radius 1 is 1.21 bits per heavy atom. The van der Waals surface area contributed by atoms with Crippen LogP contribution in [0.5, 0.6) is 0 Å². The summed E-state index contributed by atoms with van der Waals surface area (Å²) in [7, 11) is 0. The largest absolute Gasteiger partial charge is 0.313 e. The van der Waals surface area contributed by atoms with Crippen molar-refractivity contribution in [3.8, 4) is 5.69 Å². The summed E-state index contributed by atoms with van der Waals surface area (Å²) in [5, 5.41) is 12.1. The van der Waals surface area contributed by atoms with Gasteiger partial charge in [0.25, 0.3) is 0 Å². The van der Waals surface area contributed by atoms with Crippen LogP contribution >= 0.6 is 0 Å². The number of hydrogen-bond donors (Lipinski definition) is 1. The Bertz CT molecular complexity index is 792. The number of hydrogen-bond acceptors (Lipinski definition) is 3. The average molecular weight is 327 g/mol. The molecule has 0 unspecified atom stereocenters. The third kappa shape index (κ3) is 3.89. The number of benzene rings is 1. The van der Waals surface area contributed by atoms with Gasteiger partial charge in [0.2, 0.25) is 0 Å². The predicted molar refractivity (Wildman–Crippen MR) is 91.5 cm³/mol. The Morgan fingerprint density at radius 3 is 2.79 bits per heavy atom. The summed E-state index contributed by atoms with van der Waals surface area (Å²) in [5.74, 6) is -0.231. The van der Waals surface area contributed by atoms with Crippen LogP contribution in [0.15, 0.2) is 42.7 Å². The highest BCUT2D eigenvalue weighted by molar-refractivity contribution is 5.40. The van der Waals surface area contributed by atoms with Gasteiger partial charge in [0, 0.05) is 31.2 Å². The van der Waals surface area contributed by atoms with Crippen molar-refractivity contribution in [3.63, 3.8) is 0 Å². The summed E-state index contributed by atoms with van der Waals surface area (Å²) in [6.45, 7) is 6.39. The van der Waals surface area contributed by atoms with Gasteiger partial charge in [-0.2, -0.15) is 10.2 Å². The second-order valence-corrected chi connectivity index (χ2v) is 5.90. The van der Waals surface area contributed by atoms with E-state index >= 15 is 0 Å². The third-order valence-corrected chi connectivity index (χ3v) is 3.94. The van der Waals surface area contributed by atoms with E-state index in [-0.39, 0.29) is 5.82 Å². The molecule has 2 aromatic heterocycles. The first-order chi connectivity index (χ1) is 11.6. The SMILES string of the molecule is Cc1cc(C)n(CCCNCc2cc(F)ccc2-n2cccn2)n1. The maximum absolute atomic E-state index is 13.6. The van der Waals surface area contributed by atoms with Gasteiger partial charge in [-0.25, -0.2) is 9.07 Å². The van der Waals surface area contributed by atoms with Crippen LogP contribution in [-0.2, 0) is 13.1 Å². The summed E-state index contributed by atoms with van der Waals surface area (Å²) in [6, 6.07) is 8.72. The molecule has 0 saturated heterocycles. The molecule has 1 aromatic carbocycles. The van der Waals surface area contributed by atoms with E-state index in [0.717, 1.165) is 36.5 Å². The molecular formula is C18H22FN5. The molecule has 6 heteroatoms. The summed E-state index contributed by atoms with van der Waals surface area (Å²) in [4.78, 5) is 0. The van der Waals surface area contributed by atoms with Crippen LogP contribution in [0.1, 0.15) is 23.4 Å². The van der Waals surface area contributed by atoms with Crippen molar-refractivity contribution in [1.82, 2.24) is 24.9 Å².